The van der Waals surface area contributed by atoms with Crippen molar-refractivity contribution in [3.8, 4) is 5.75 Å². The van der Waals surface area contributed by atoms with Crippen molar-refractivity contribution in [2.24, 2.45) is 22.7 Å². The molecule has 1 saturated heterocycles. The van der Waals surface area contributed by atoms with Gasteiger partial charge in [-0.25, -0.2) is 4.79 Å². The van der Waals surface area contributed by atoms with Crippen LogP contribution in [0.3, 0.4) is 0 Å². The average molecular weight is 485 g/mol. The zero-order valence-corrected chi connectivity index (χ0v) is 21.9. The molecule has 1 aromatic carbocycles. The molecule has 1 heterocycles. The van der Waals surface area contributed by atoms with Crippen molar-refractivity contribution in [3.05, 3.63) is 28.8 Å². The summed E-state index contributed by atoms with van der Waals surface area (Å²) in [5, 5.41) is 0. The van der Waals surface area contributed by atoms with Crippen LogP contribution in [-0.2, 0) is 25.4 Å². The van der Waals surface area contributed by atoms with Crippen molar-refractivity contribution in [2.45, 2.75) is 83.7 Å². The lowest BCUT2D eigenvalue weighted by Gasteiger charge is -2.56. The van der Waals surface area contributed by atoms with Gasteiger partial charge in [-0.05, 0) is 106 Å². The van der Waals surface area contributed by atoms with Crippen LogP contribution < -0.4 is 4.74 Å². The molecule has 1 aliphatic heterocycles. The van der Waals surface area contributed by atoms with Crippen molar-refractivity contribution < 1.29 is 28.5 Å². The summed E-state index contributed by atoms with van der Waals surface area (Å²) in [6, 6.07) is 4.10. The maximum atomic E-state index is 12.9. The van der Waals surface area contributed by atoms with Gasteiger partial charge in [-0.1, -0.05) is 6.92 Å². The Morgan fingerprint density at radius 2 is 1.83 bits per heavy atom. The molecule has 3 fully saturated rings. The van der Waals surface area contributed by atoms with Crippen LogP contribution in [0.4, 0.5) is 0 Å². The third-order valence-corrected chi connectivity index (χ3v) is 10.1. The minimum absolute atomic E-state index is 0.0201. The molecule has 1 spiro atoms. The molecule has 3 aliphatic carbocycles. The van der Waals surface area contributed by atoms with Gasteiger partial charge in [0, 0.05) is 12.5 Å². The van der Waals surface area contributed by atoms with Crippen molar-refractivity contribution in [3.63, 3.8) is 0 Å². The summed E-state index contributed by atoms with van der Waals surface area (Å²) in [7, 11) is 3.05. The first-order valence-electron chi connectivity index (χ1n) is 13.3. The van der Waals surface area contributed by atoms with Crippen LogP contribution in [0.5, 0.6) is 5.75 Å². The molecule has 0 N–H and O–H groups in total. The average Bonchev–Trinajstić information content (AvgIpc) is 3.13. The van der Waals surface area contributed by atoms with Gasteiger partial charge in [-0.15, -0.1) is 0 Å². The molecule has 192 valence electrons. The molecule has 4 unspecified atom stereocenters. The Hall–Kier alpha value is -2.08. The Bertz CT molecular complexity index is 1010. The quantitative estimate of drug-likeness (QED) is 0.408. The van der Waals surface area contributed by atoms with E-state index in [9.17, 15) is 9.59 Å². The van der Waals surface area contributed by atoms with Crippen molar-refractivity contribution in [1.29, 1.82) is 0 Å². The summed E-state index contributed by atoms with van der Waals surface area (Å²) in [6.45, 7) is 7.28. The fraction of sp³-hybridized carbons (Fsp3) is 0.724. The van der Waals surface area contributed by atoms with Gasteiger partial charge in [0.1, 0.15) is 23.5 Å². The van der Waals surface area contributed by atoms with E-state index < -0.39 is 0 Å². The summed E-state index contributed by atoms with van der Waals surface area (Å²) >= 11 is 0. The second-order valence-electron chi connectivity index (χ2n) is 12.1. The highest BCUT2D eigenvalue weighted by Crippen LogP contribution is 2.67. The monoisotopic (exact) mass is 484 g/mol. The molecule has 1 aromatic rings. The highest BCUT2D eigenvalue weighted by molar-refractivity contribution is 5.93. The second-order valence-corrected chi connectivity index (χ2v) is 12.1. The zero-order valence-electron chi connectivity index (χ0n) is 21.9. The minimum atomic E-state index is -0.381. The van der Waals surface area contributed by atoms with Crippen LogP contribution in [0.25, 0.3) is 0 Å². The predicted molar refractivity (Wildman–Crippen MR) is 132 cm³/mol. The fourth-order valence-electron chi connectivity index (χ4n) is 7.88. The van der Waals surface area contributed by atoms with Crippen LogP contribution in [-0.4, -0.2) is 45.0 Å². The summed E-state index contributed by atoms with van der Waals surface area (Å²) < 4.78 is 22.5. The molecule has 0 aromatic heterocycles. The van der Waals surface area contributed by atoms with Gasteiger partial charge in [0.25, 0.3) is 0 Å². The van der Waals surface area contributed by atoms with Gasteiger partial charge in [-0.3, -0.25) is 4.79 Å². The number of fused-ring (bicyclic) bond motifs is 6. The molecule has 6 heteroatoms. The molecule has 4 aliphatic rings. The van der Waals surface area contributed by atoms with Gasteiger partial charge >= 0.3 is 11.9 Å². The van der Waals surface area contributed by atoms with Crippen molar-refractivity contribution >= 4 is 11.9 Å². The molecule has 0 amide bonds. The first-order valence-corrected chi connectivity index (χ1v) is 13.3. The van der Waals surface area contributed by atoms with E-state index in [1.165, 1.54) is 18.2 Å². The number of carbonyl (C=O) groups excluding carboxylic acids is 2. The van der Waals surface area contributed by atoms with E-state index in [1.807, 2.05) is 19.9 Å². The summed E-state index contributed by atoms with van der Waals surface area (Å²) in [5.41, 5.74) is 2.40. The van der Waals surface area contributed by atoms with E-state index >= 15 is 0 Å². The number of hydrogen-bond donors (Lipinski definition) is 0. The third-order valence-electron chi connectivity index (χ3n) is 10.1. The molecular weight excluding hydrogens is 444 g/mol. The summed E-state index contributed by atoms with van der Waals surface area (Å²) in [6.07, 6.45) is 8.17. The van der Waals surface area contributed by atoms with Gasteiger partial charge in [0.15, 0.2) is 0 Å². The molecule has 0 radical (unpaired) electrons. The van der Waals surface area contributed by atoms with E-state index in [-0.39, 0.29) is 28.4 Å². The van der Waals surface area contributed by atoms with Gasteiger partial charge < -0.3 is 18.9 Å². The Labute approximate surface area is 209 Å². The Kier molecular flexibility index (Phi) is 6.18. The first kappa shape index (κ1) is 24.6. The summed E-state index contributed by atoms with van der Waals surface area (Å²) in [5.74, 6) is 1.69. The van der Waals surface area contributed by atoms with Crippen molar-refractivity contribution in [1.82, 2.24) is 0 Å². The zero-order chi connectivity index (χ0) is 25.0. The normalized spacial score (nSPS) is 35.0. The molecule has 0 bridgehead atoms. The van der Waals surface area contributed by atoms with Crippen LogP contribution in [0, 0.1) is 22.7 Å². The molecule has 2 saturated carbocycles. The Morgan fingerprint density at radius 1 is 1.03 bits per heavy atom. The largest absolute Gasteiger partial charge is 0.490 e. The summed E-state index contributed by atoms with van der Waals surface area (Å²) in [4.78, 5) is 25.6. The maximum absolute atomic E-state index is 12.9. The lowest BCUT2D eigenvalue weighted by molar-refractivity contribution is -0.206. The van der Waals surface area contributed by atoms with Gasteiger partial charge in [0.2, 0.25) is 0 Å². The molecule has 6 nitrogen and oxygen atoms in total. The maximum Gasteiger partial charge on any atom is 0.341 e. The van der Waals surface area contributed by atoms with E-state index in [0.29, 0.717) is 42.3 Å². The van der Waals surface area contributed by atoms with Crippen LogP contribution >= 0.6 is 0 Å². The first-order chi connectivity index (χ1) is 16.7. The Balaban J connectivity index is 1.44. The fourth-order valence-corrected chi connectivity index (χ4v) is 7.88. The number of esters is 2. The van der Waals surface area contributed by atoms with Crippen molar-refractivity contribution in [2.75, 3.05) is 27.4 Å². The lowest BCUT2D eigenvalue weighted by Crippen LogP contribution is -2.56. The molecule has 5 atom stereocenters. The molecular formula is C29H40O6. The number of hydrogen-bond acceptors (Lipinski definition) is 6. The van der Waals surface area contributed by atoms with Gasteiger partial charge in [-0.2, -0.15) is 0 Å². The number of ether oxygens (including phenoxy) is 4. The molecule has 5 rings (SSSR count). The Morgan fingerprint density at radius 3 is 2.54 bits per heavy atom. The van der Waals surface area contributed by atoms with Crippen LogP contribution in [0.1, 0.15) is 93.1 Å². The van der Waals surface area contributed by atoms with E-state index in [2.05, 4.69) is 13.0 Å². The highest BCUT2D eigenvalue weighted by Gasteiger charge is 2.65. The number of benzene rings is 1. The highest BCUT2D eigenvalue weighted by atomic mass is 16.6. The van der Waals surface area contributed by atoms with E-state index in [4.69, 9.17) is 18.9 Å². The number of methoxy groups -OCH3 is 2. The number of aryl methyl sites for hydroxylation is 1. The van der Waals surface area contributed by atoms with Gasteiger partial charge in [0.05, 0.1) is 19.1 Å². The number of rotatable bonds is 5. The van der Waals surface area contributed by atoms with Crippen LogP contribution in [0.15, 0.2) is 12.1 Å². The smallest absolute Gasteiger partial charge is 0.341 e. The second kappa shape index (κ2) is 8.79. The standard InChI is InChI=1S/C29H40O6/c1-27(2)12-13-29(35-26(27)31)11-9-23-20-7-6-18-16-24(34-15-14-32-4)22(25(30)33-5)17-21(18)19(20)8-10-28(23,29)3/h16-17,19-20,23H,6-15H2,1-5H3/t19?,20?,23?,28?,29-/m1/s1. The SMILES string of the molecule is COCCOc1cc2c(cc1C(=O)OC)C1CCC3(C)C(CC[C@@]34CCC(C)(C)C(=O)O4)C1CC2. The predicted octanol–water partition coefficient (Wildman–Crippen LogP) is 5.46. The topological polar surface area (TPSA) is 71.1 Å². The van der Waals surface area contributed by atoms with E-state index in [1.54, 1.807) is 7.11 Å². The number of carbonyl (C=O) groups is 2. The third kappa shape index (κ3) is 3.78. The van der Waals surface area contributed by atoms with E-state index in [0.717, 1.165) is 51.4 Å². The molecule has 35 heavy (non-hydrogen) atoms. The van der Waals surface area contributed by atoms with Crippen LogP contribution in [0.2, 0.25) is 0 Å². The lowest BCUT2D eigenvalue weighted by atomic mass is 9.52. The minimum Gasteiger partial charge on any atom is -0.490 e.